The molecule has 0 bridgehead atoms. The summed E-state index contributed by atoms with van der Waals surface area (Å²) in [6.07, 6.45) is 5.16. The average molecular weight is 234 g/mol. The van der Waals surface area contributed by atoms with Crippen molar-refractivity contribution in [3.63, 3.8) is 0 Å². The third-order valence-corrected chi connectivity index (χ3v) is 2.16. The van der Waals surface area contributed by atoms with Crippen LogP contribution in [-0.4, -0.2) is 24.5 Å². The van der Waals surface area contributed by atoms with Crippen molar-refractivity contribution < 1.29 is 8.22 Å². The summed E-state index contributed by atoms with van der Waals surface area (Å²) in [7, 11) is 0. The molecule has 4 heteroatoms. The molecule has 1 rings (SSSR count). The van der Waals surface area contributed by atoms with E-state index >= 15 is 0 Å². The third kappa shape index (κ3) is 4.20. The Morgan fingerprint density at radius 2 is 2.35 bits per heavy atom. The van der Waals surface area contributed by atoms with Crippen LogP contribution >= 0.6 is 0 Å². The minimum absolute atomic E-state index is 0.0207. The molecule has 0 saturated heterocycles. The molecule has 1 atom stereocenters. The molecule has 1 aromatic rings. The first-order valence-electron chi connectivity index (χ1n) is 7.94. The number of hydrogen-bond acceptors (Lipinski definition) is 2. The molecule has 1 unspecified atom stereocenters. The van der Waals surface area contributed by atoms with Gasteiger partial charge in [-0.05, 0) is 31.3 Å². The predicted molar refractivity (Wildman–Crippen MR) is 69.9 cm³/mol. The average Bonchev–Trinajstić information content (AvgIpc) is 2.42. The van der Waals surface area contributed by atoms with Gasteiger partial charge >= 0.3 is 0 Å². The summed E-state index contributed by atoms with van der Waals surface area (Å²) in [6, 6.07) is 5.00. The van der Waals surface area contributed by atoms with Gasteiger partial charge in [-0.25, -0.2) is 0 Å². The largest absolute Gasteiger partial charge is 0.292 e. The molecule has 0 amide bonds. The lowest BCUT2D eigenvalue weighted by molar-refractivity contribution is 0.287. The van der Waals surface area contributed by atoms with Crippen molar-refractivity contribution in [3.05, 3.63) is 40.3 Å². The van der Waals surface area contributed by atoms with Gasteiger partial charge in [0.2, 0.25) is 0 Å². The topological polar surface area (TPSA) is 52.0 Å². The van der Waals surface area contributed by atoms with E-state index in [-0.39, 0.29) is 13.0 Å². The summed E-state index contributed by atoms with van der Waals surface area (Å²) in [4.78, 5) is 3.49. The van der Waals surface area contributed by atoms with E-state index in [0.29, 0.717) is 11.3 Å². The zero-order valence-electron chi connectivity index (χ0n) is 15.2. The number of azide groups is 1. The molecule has 0 aliphatic heterocycles. The number of terminal acetylenes is 1. The highest BCUT2D eigenvalue weighted by Crippen LogP contribution is 2.15. The van der Waals surface area contributed by atoms with E-state index in [1.807, 2.05) is 0 Å². The zero-order valence-corrected chi connectivity index (χ0v) is 9.17. The van der Waals surface area contributed by atoms with E-state index in [1.165, 1.54) is 12.1 Å². The molecular weight excluding hydrogens is 212 g/mol. The molecule has 17 heavy (non-hydrogen) atoms. The van der Waals surface area contributed by atoms with Gasteiger partial charge in [0.1, 0.15) is 0 Å². The van der Waals surface area contributed by atoms with Gasteiger partial charge < -0.3 is 0 Å². The summed E-state index contributed by atoms with van der Waals surface area (Å²) in [5.41, 5.74) is 9.35. The highest BCUT2D eigenvalue weighted by atomic mass is 15.1. The van der Waals surface area contributed by atoms with Gasteiger partial charge in [-0.2, -0.15) is 0 Å². The molecule has 0 saturated carbocycles. The lowest BCUT2D eigenvalue weighted by Gasteiger charge is -2.22. The molecule has 0 aromatic heterocycles. The van der Waals surface area contributed by atoms with Gasteiger partial charge in [0.05, 0.1) is 6.54 Å². The van der Waals surface area contributed by atoms with Gasteiger partial charge in [-0.3, -0.25) is 4.90 Å². The van der Waals surface area contributed by atoms with Crippen LogP contribution in [0.4, 0.5) is 5.69 Å². The summed E-state index contributed by atoms with van der Waals surface area (Å²) in [6.45, 7) is -5.43. The van der Waals surface area contributed by atoms with Gasteiger partial charge in [0, 0.05) is 24.9 Å². The lowest BCUT2D eigenvalue weighted by Crippen LogP contribution is -2.31. The molecule has 4 nitrogen and oxygen atoms in total. The Bertz CT molecular complexity index is 607. The van der Waals surface area contributed by atoms with Crippen molar-refractivity contribution in [3.8, 4) is 12.3 Å². The Labute approximate surface area is 110 Å². The van der Waals surface area contributed by atoms with Crippen LogP contribution in [-0.2, 0) is 6.42 Å². The summed E-state index contributed by atoms with van der Waals surface area (Å²) in [5, 5.41) is 3.42. The fourth-order valence-corrected chi connectivity index (χ4v) is 1.29. The first kappa shape index (κ1) is 6.70. The van der Waals surface area contributed by atoms with Crippen molar-refractivity contribution in [2.45, 2.75) is 19.3 Å². The van der Waals surface area contributed by atoms with Crippen molar-refractivity contribution in [1.29, 1.82) is 0 Å². The Kier molecular flexibility index (Phi) is 2.60. The van der Waals surface area contributed by atoms with Crippen molar-refractivity contribution >= 4 is 5.69 Å². The SMILES string of the molecule is [2H]C([2H])([2H])C(Cc1ccc(N=[N+]=[N-])cc1)N(CC#C)C([2H])([2H])[2H]. The lowest BCUT2D eigenvalue weighted by atomic mass is 10.1. The minimum atomic E-state index is -2.61. The molecule has 0 fully saturated rings. The van der Waals surface area contributed by atoms with Gasteiger partial charge in [-0.15, -0.1) is 6.42 Å². The molecule has 88 valence electrons. The first-order valence-corrected chi connectivity index (χ1v) is 4.94. The highest BCUT2D eigenvalue weighted by Gasteiger charge is 2.08. The van der Waals surface area contributed by atoms with E-state index in [1.54, 1.807) is 12.1 Å². The van der Waals surface area contributed by atoms with E-state index in [0.717, 1.165) is 4.90 Å². The molecule has 0 aliphatic rings. The maximum absolute atomic E-state index is 8.36. The monoisotopic (exact) mass is 234 g/mol. The highest BCUT2D eigenvalue weighted by molar-refractivity contribution is 5.38. The van der Waals surface area contributed by atoms with Crippen LogP contribution in [0, 0.1) is 12.3 Å². The maximum Gasteiger partial charge on any atom is 0.0598 e. The van der Waals surface area contributed by atoms with Crippen molar-refractivity contribution in [1.82, 2.24) is 4.90 Å². The molecule has 0 spiro atoms. The fourth-order valence-electron chi connectivity index (χ4n) is 1.29. The Balaban J connectivity index is 3.12. The van der Waals surface area contributed by atoms with Crippen molar-refractivity contribution in [2.24, 2.45) is 5.11 Å². The number of likely N-dealkylation sites (N-methyl/N-ethyl adjacent to an activating group) is 1. The summed E-state index contributed by atoms with van der Waals surface area (Å²) in [5.74, 6) is 2.20. The van der Waals surface area contributed by atoms with E-state index in [2.05, 4.69) is 15.9 Å². The minimum Gasteiger partial charge on any atom is -0.292 e. The Hall–Kier alpha value is -1.95. The van der Waals surface area contributed by atoms with Crippen molar-refractivity contribution in [2.75, 3.05) is 13.5 Å². The Morgan fingerprint density at radius 1 is 1.59 bits per heavy atom. The van der Waals surface area contributed by atoms with Crippen LogP contribution in [0.2, 0.25) is 0 Å². The standard InChI is InChI=1S/C13H16N4/c1-4-9-17(3)11(2)10-12-5-7-13(8-6-12)15-16-14/h1,5-8,11H,9-10H2,2-3H3/i2D3,3D3. The molecule has 0 heterocycles. The van der Waals surface area contributed by atoms with E-state index < -0.39 is 19.9 Å². The second-order valence-electron chi connectivity index (χ2n) is 3.41. The van der Waals surface area contributed by atoms with Crippen LogP contribution in [0.15, 0.2) is 29.4 Å². The molecule has 0 N–H and O–H groups in total. The number of nitrogens with zero attached hydrogens (tertiary/aromatic N) is 4. The number of benzene rings is 1. The van der Waals surface area contributed by atoms with Crippen LogP contribution in [0.5, 0.6) is 0 Å². The molecule has 0 radical (unpaired) electrons. The quantitative estimate of drug-likeness (QED) is 0.334. The van der Waals surface area contributed by atoms with Crippen LogP contribution in [0.1, 0.15) is 20.6 Å². The van der Waals surface area contributed by atoms with E-state index in [4.69, 9.17) is 20.2 Å². The molecule has 1 aromatic carbocycles. The normalized spacial score (nSPS) is 18.4. The predicted octanol–water partition coefficient (Wildman–Crippen LogP) is 3.12. The number of hydrogen-bond donors (Lipinski definition) is 0. The van der Waals surface area contributed by atoms with Gasteiger partial charge in [0.25, 0.3) is 0 Å². The van der Waals surface area contributed by atoms with E-state index in [9.17, 15) is 0 Å². The molecule has 0 aliphatic carbocycles. The number of rotatable bonds is 5. The van der Waals surface area contributed by atoms with Crippen LogP contribution in [0.25, 0.3) is 10.4 Å². The third-order valence-electron chi connectivity index (χ3n) is 2.16. The summed E-state index contributed by atoms with van der Waals surface area (Å²) >= 11 is 0. The molecular formula is C13H16N4. The Morgan fingerprint density at radius 3 is 2.88 bits per heavy atom. The maximum atomic E-state index is 8.36. The second-order valence-corrected chi connectivity index (χ2v) is 3.41. The van der Waals surface area contributed by atoms with Crippen LogP contribution < -0.4 is 0 Å². The smallest absolute Gasteiger partial charge is 0.0598 e. The summed E-state index contributed by atoms with van der Waals surface area (Å²) < 4.78 is 45.5. The fraction of sp³-hybridized carbons (Fsp3) is 0.385. The van der Waals surface area contributed by atoms with Gasteiger partial charge in [0.15, 0.2) is 0 Å². The van der Waals surface area contributed by atoms with Gasteiger partial charge in [-0.1, -0.05) is 35.3 Å². The first-order chi connectivity index (χ1) is 10.6. The second kappa shape index (κ2) is 6.59. The van der Waals surface area contributed by atoms with Crippen LogP contribution in [0.3, 0.4) is 0 Å². The zero-order chi connectivity index (χ0) is 17.7.